The molecule has 0 aromatic heterocycles. The number of ether oxygens (including phenoxy) is 3. The zero-order chi connectivity index (χ0) is 42.3. The molecule has 0 amide bonds. The van der Waals surface area contributed by atoms with E-state index in [0.29, 0.717) is 19.3 Å². The van der Waals surface area contributed by atoms with Crippen LogP contribution in [0.1, 0.15) is 284 Å². The molecule has 0 saturated carbocycles. The number of carbonyl (C=O) groups excluding carboxylic acids is 3. The van der Waals surface area contributed by atoms with Crippen LogP contribution in [0.25, 0.3) is 0 Å². The van der Waals surface area contributed by atoms with Crippen LogP contribution < -0.4 is 0 Å². The molecule has 0 rings (SSSR count). The highest BCUT2D eigenvalue weighted by Gasteiger charge is 2.19. The van der Waals surface area contributed by atoms with Gasteiger partial charge in [0.2, 0.25) is 0 Å². The topological polar surface area (TPSA) is 78.9 Å². The summed E-state index contributed by atoms with van der Waals surface area (Å²) in [5.74, 6) is -0.867. The summed E-state index contributed by atoms with van der Waals surface area (Å²) in [7, 11) is 0. The third kappa shape index (κ3) is 45.2. The minimum absolute atomic E-state index is 0.0686. The first-order valence-electron chi connectivity index (χ1n) is 25.7. The van der Waals surface area contributed by atoms with Crippen LogP contribution in [-0.2, 0) is 28.6 Å². The number of hydrogen-bond acceptors (Lipinski definition) is 6. The molecule has 0 aliphatic rings. The fraction of sp³-hybridized carbons (Fsp3) is 0.904. The van der Waals surface area contributed by atoms with E-state index in [0.717, 1.165) is 70.6 Å². The minimum atomic E-state index is -0.766. The van der Waals surface area contributed by atoms with Crippen LogP contribution in [0.3, 0.4) is 0 Å². The summed E-state index contributed by atoms with van der Waals surface area (Å²) in [6.45, 7) is 6.59. The van der Waals surface area contributed by atoms with Crippen LogP contribution in [-0.4, -0.2) is 37.2 Å². The van der Waals surface area contributed by atoms with Crippen molar-refractivity contribution in [2.24, 2.45) is 0 Å². The predicted molar refractivity (Wildman–Crippen MR) is 247 cm³/mol. The fourth-order valence-electron chi connectivity index (χ4n) is 7.62. The van der Waals surface area contributed by atoms with Crippen LogP contribution in [0.5, 0.6) is 0 Å². The summed E-state index contributed by atoms with van der Waals surface area (Å²) in [5, 5.41) is 0. The van der Waals surface area contributed by atoms with Gasteiger partial charge >= 0.3 is 17.9 Å². The average Bonchev–Trinajstić information content (AvgIpc) is 3.22. The Hall–Kier alpha value is -1.85. The maximum absolute atomic E-state index is 12.7. The van der Waals surface area contributed by atoms with Crippen LogP contribution in [0.4, 0.5) is 0 Å². The highest BCUT2D eigenvalue weighted by atomic mass is 16.6. The lowest BCUT2D eigenvalue weighted by Crippen LogP contribution is -2.30. The molecule has 0 radical (unpaired) electrons. The van der Waals surface area contributed by atoms with Crippen molar-refractivity contribution in [2.45, 2.75) is 290 Å². The first-order valence-corrected chi connectivity index (χ1v) is 25.7. The van der Waals surface area contributed by atoms with Crippen molar-refractivity contribution in [1.29, 1.82) is 0 Å². The van der Waals surface area contributed by atoms with Gasteiger partial charge < -0.3 is 14.2 Å². The van der Waals surface area contributed by atoms with Crippen LogP contribution in [0.15, 0.2) is 12.2 Å². The highest BCUT2D eigenvalue weighted by Crippen LogP contribution is 2.16. The van der Waals surface area contributed by atoms with Crippen molar-refractivity contribution in [3.8, 4) is 0 Å². The minimum Gasteiger partial charge on any atom is -0.462 e. The van der Waals surface area contributed by atoms with Gasteiger partial charge in [0.25, 0.3) is 0 Å². The van der Waals surface area contributed by atoms with Gasteiger partial charge in [0, 0.05) is 19.3 Å². The van der Waals surface area contributed by atoms with Gasteiger partial charge in [-0.1, -0.05) is 238 Å². The quantitative estimate of drug-likeness (QED) is 0.0263. The Morgan fingerprint density at radius 3 is 0.931 bits per heavy atom. The van der Waals surface area contributed by atoms with E-state index in [1.165, 1.54) is 173 Å². The summed E-state index contributed by atoms with van der Waals surface area (Å²) < 4.78 is 16.7. The summed E-state index contributed by atoms with van der Waals surface area (Å²) in [4.78, 5) is 37.8. The number of rotatable bonds is 47. The normalized spacial score (nSPS) is 12.0. The Morgan fingerprint density at radius 2 is 0.603 bits per heavy atom. The Morgan fingerprint density at radius 1 is 0.328 bits per heavy atom. The first kappa shape index (κ1) is 56.1. The molecule has 0 bridgehead atoms. The molecule has 6 heteroatoms. The molecule has 0 aromatic rings. The SMILES string of the molecule is CCC/C=C\CCCCCCCC(=O)OC(COC(=O)CCCCCCCCCCCC)COC(=O)CCCCCCCCCCCCCCCCCCCCCC. The van der Waals surface area contributed by atoms with Crippen LogP contribution in [0.2, 0.25) is 0 Å². The van der Waals surface area contributed by atoms with Crippen molar-refractivity contribution >= 4 is 17.9 Å². The van der Waals surface area contributed by atoms with E-state index in [2.05, 4.69) is 32.9 Å². The molecule has 342 valence electrons. The van der Waals surface area contributed by atoms with Gasteiger partial charge in [-0.2, -0.15) is 0 Å². The largest absolute Gasteiger partial charge is 0.462 e. The third-order valence-corrected chi connectivity index (χ3v) is 11.5. The van der Waals surface area contributed by atoms with Gasteiger partial charge in [-0.25, -0.2) is 0 Å². The van der Waals surface area contributed by atoms with Gasteiger partial charge in [0.1, 0.15) is 13.2 Å². The lowest BCUT2D eigenvalue weighted by atomic mass is 10.0. The van der Waals surface area contributed by atoms with E-state index in [1.54, 1.807) is 0 Å². The second kappa shape index (κ2) is 47.8. The van der Waals surface area contributed by atoms with E-state index in [1.807, 2.05) is 0 Å². The smallest absolute Gasteiger partial charge is 0.306 e. The molecule has 58 heavy (non-hydrogen) atoms. The molecule has 0 aliphatic heterocycles. The lowest BCUT2D eigenvalue weighted by molar-refractivity contribution is -0.167. The summed E-state index contributed by atoms with van der Waals surface area (Å²) in [6.07, 6.45) is 52.1. The number of allylic oxidation sites excluding steroid dienone is 2. The third-order valence-electron chi connectivity index (χ3n) is 11.5. The van der Waals surface area contributed by atoms with E-state index in [9.17, 15) is 14.4 Å². The molecule has 1 atom stereocenters. The molecule has 0 aromatic carbocycles. The molecule has 0 heterocycles. The maximum Gasteiger partial charge on any atom is 0.306 e. The Balaban J connectivity index is 4.18. The van der Waals surface area contributed by atoms with Crippen molar-refractivity contribution in [3.05, 3.63) is 12.2 Å². The Labute approximate surface area is 360 Å². The molecule has 0 spiro atoms. The highest BCUT2D eigenvalue weighted by molar-refractivity contribution is 5.71. The van der Waals surface area contributed by atoms with Gasteiger partial charge in [0.15, 0.2) is 6.10 Å². The number of esters is 3. The number of unbranched alkanes of at least 4 members (excludes halogenated alkanes) is 34. The standard InChI is InChI=1S/C52H98O6/c1-4-7-10-13-16-19-22-23-24-25-26-27-28-29-30-31-34-36-39-42-45-51(54)57-48-49(58-52(55)46-43-40-37-33-21-18-15-12-9-6-3)47-56-50(53)44-41-38-35-32-20-17-14-11-8-5-2/h12,15,49H,4-11,13-14,16-48H2,1-3H3/b15-12-. The molecular formula is C52H98O6. The van der Waals surface area contributed by atoms with E-state index in [4.69, 9.17) is 14.2 Å². The van der Waals surface area contributed by atoms with Crippen LogP contribution >= 0.6 is 0 Å². The van der Waals surface area contributed by atoms with Crippen molar-refractivity contribution in [3.63, 3.8) is 0 Å². The summed E-state index contributed by atoms with van der Waals surface area (Å²) >= 11 is 0. The second-order valence-corrected chi connectivity index (χ2v) is 17.4. The Kier molecular flexibility index (Phi) is 46.3. The summed E-state index contributed by atoms with van der Waals surface area (Å²) in [5.41, 5.74) is 0. The molecule has 1 unspecified atom stereocenters. The van der Waals surface area contributed by atoms with Crippen molar-refractivity contribution in [1.82, 2.24) is 0 Å². The van der Waals surface area contributed by atoms with Crippen molar-refractivity contribution < 1.29 is 28.6 Å². The van der Waals surface area contributed by atoms with Gasteiger partial charge in [-0.3, -0.25) is 14.4 Å². The lowest BCUT2D eigenvalue weighted by Gasteiger charge is -2.18. The fourth-order valence-corrected chi connectivity index (χ4v) is 7.62. The van der Waals surface area contributed by atoms with Gasteiger partial charge in [0.05, 0.1) is 0 Å². The van der Waals surface area contributed by atoms with Crippen LogP contribution in [0, 0.1) is 0 Å². The maximum atomic E-state index is 12.7. The van der Waals surface area contributed by atoms with Gasteiger partial charge in [-0.15, -0.1) is 0 Å². The molecule has 0 aliphatic carbocycles. The predicted octanol–water partition coefficient (Wildman–Crippen LogP) is 16.6. The van der Waals surface area contributed by atoms with Crippen molar-refractivity contribution in [2.75, 3.05) is 13.2 Å². The molecule has 0 saturated heterocycles. The molecule has 0 fully saturated rings. The zero-order valence-electron chi connectivity index (χ0n) is 39.1. The van der Waals surface area contributed by atoms with E-state index < -0.39 is 6.10 Å². The monoisotopic (exact) mass is 819 g/mol. The first-order chi connectivity index (χ1) is 28.5. The van der Waals surface area contributed by atoms with E-state index >= 15 is 0 Å². The summed E-state index contributed by atoms with van der Waals surface area (Å²) in [6, 6.07) is 0. The van der Waals surface area contributed by atoms with Gasteiger partial charge in [-0.05, 0) is 38.5 Å². The number of carbonyl (C=O) groups is 3. The number of hydrogen-bond donors (Lipinski definition) is 0. The molecular weight excluding hydrogens is 721 g/mol. The molecule has 0 N–H and O–H groups in total. The second-order valence-electron chi connectivity index (χ2n) is 17.4. The molecule has 6 nitrogen and oxygen atoms in total. The Bertz CT molecular complexity index is 900. The van der Waals surface area contributed by atoms with E-state index in [-0.39, 0.29) is 31.1 Å². The average molecular weight is 819 g/mol. The zero-order valence-corrected chi connectivity index (χ0v) is 39.1.